The maximum absolute atomic E-state index is 14.3. The Morgan fingerprint density at radius 1 is 0.895 bits per heavy atom. The monoisotopic (exact) mass is 542 g/mol. The number of carbonyl (C=O) groups excluding carboxylic acids is 2. The molecule has 0 radical (unpaired) electrons. The second kappa shape index (κ2) is 11.6. The number of hydrogen-bond acceptors (Lipinski definition) is 4. The van der Waals surface area contributed by atoms with Crippen molar-refractivity contribution in [3.05, 3.63) is 64.9 Å². The molecular formula is C30H36ClFN2O4. The zero-order valence-electron chi connectivity index (χ0n) is 21.8. The van der Waals surface area contributed by atoms with Crippen molar-refractivity contribution >= 4 is 23.4 Å². The molecule has 1 saturated carbocycles. The van der Waals surface area contributed by atoms with E-state index in [0.717, 1.165) is 44.1 Å². The normalized spacial score (nSPS) is 23.3. The highest BCUT2D eigenvalue weighted by atomic mass is 35.5. The lowest BCUT2D eigenvalue weighted by molar-refractivity contribution is -0.146. The average molecular weight is 543 g/mol. The van der Waals surface area contributed by atoms with Crippen LogP contribution in [0.5, 0.6) is 5.75 Å². The summed E-state index contributed by atoms with van der Waals surface area (Å²) in [5.74, 6) is 0.564. The minimum Gasteiger partial charge on any atom is -0.493 e. The fraction of sp³-hybridized carbons (Fsp3) is 0.533. The number of halogens is 2. The summed E-state index contributed by atoms with van der Waals surface area (Å²) in [5.41, 5.74) is -0.257. The fourth-order valence-corrected chi connectivity index (χ4v) is 6.51. The number of ether oxygens (including phenoxy) is 2. The van der Waals surface area contributed by atoms with Crippen LogP contribution in [0.2, 0.25) is 5.02 Å². The van der Waals surface area contributed by atoms with Gasteiger partial charge in [-0.1, -0.05) is 36.6 Å². The van der Waals surface area contributed by atoms with Gasteiger partial charge in [0.25, 0.3) is 0 Å². The van der Waals surface area contributed by atoms with Gasteiger partial charge in [0.1, 0.15) is 11.6 Å². The lowest BCUT2D eigenvalue weighted by Crippen LogP contribution is -2.55. The molecule has 2 amide bonds. The molecule has 2 aromatic rings. The van der Waals surface area contributed by atoms with Crippen LogP contribution < -0.4 is 4.74 Å². The zero-order chi connectivity index (χ0) is 26.6. The van der Waals surface area contributed by atoms with Crippen molar-refractivity contribution in [3.63, 3.8) is 0 Å². The molecule has 2 heterocycles. The summed E-state index contributed by atoms with van der Waals surface area (Å²) in [6.07, 6.45) is 5.36. The Bertz CT molecular complexity index is 1110. The Morgan fingerprint density at radius 2 is 1.58 bits per heavy atom. The number of morpholine rings is 1. The molecule has 38 heavy (non-hydrogen) atoms. The molecule has 0 N–H and O–H groups in total. The predicted molar refractivity (Wildman–Crippen MR) is 144 cm³/mol. The van der Waals surface area contributed by atoms with Crippen molar-refractivity contribution in [2.45, 2.75) is 50.4 Å². The molecule has 1 atom stereocenters. The number of benzene rings is 2. The first-order valence-corrected chi connectivity index (χ1v) is 14.1. The van der Waals surface area contributed by atoms with Crippen molar-refractivity contribution in [1.29, 1.82) is 0 Å². The molecule has 1 unspecified atom stereocenters. The summed E-state index contributed by atoms with van der Waals surface area (Å²) in [6.45, 7) is 3.70. The third kappa shape index (κ3) is 5.84. The topological polar surface area (TPSA) is 59.1 Å². The van der Waals surface area contributed by atoms with Crippen LogP contribution >= 0.6 is 11.6 Å². The van der Waals surface area contributed by atoms with Crippen LogP contribution in [-0.2, 0) is 19.7 Å². The lowest BCUT2D eigenvalue weighted by Gasteiger charge is -2.46. The predicted octanol–water partition coefficient (Wildman–Crippen LogP) is 5.23. The van der Waals surface area contributed by atoms with E-state index in [2.05, 4.69) is 0 Å². The standard InChI is InChI=1S/C30H36ClFN2O4/c31-24-6-10-26(11-7-24)38-22-29(20-27(35)33-16-18-37-19-17-33)12-3-15-34(21-29)28(36)30(13-1-2-14-30)23-4-8-25(32)9-5-23/h4-11H,1-3,12-22H2. The Kier molecular flexibility index (Phi) is 8.24. The lowest BCUT2D eigenvalue weighted by atomic mass is 9.74. The van der Waals surface area contributed by atoms with E-state index in [1.807, 2.05) is 21.9 Å². The minimum absolute atomic E-state index is 0.0800. The Hall–Kier alpha value is -2.64. The van der Waals surface area contributed by atoms with Crippen LogP contribution in [-0.4, -0.2) is 67.6 Å². The van der Waals surface area contributed by atoms with E-state index in [1.54, 1.807) is 24.3 Å². The molecule has 3 fully saturated rings. The largest absolute Gasteiger partial charge is 0.493 e. The number of likely N-dealkylation sites (tertiary alicyclic amines) is 1. The van der Waals surface area contributed by atoms with E-state index >= 15 is 0 Å². The summed E-state index contributed by atoms with van der Waals surface area (Å²) < 4.78 is 25.4. The number of carbonyl (C=O) groups is 2. The van der Waals surface area contributed by atoms with Gasteiger partial charge in [0.2, 0.25) is 11.8 Å². The number of hydrogen-bond donors (Lipinski definition) is 0. The van der Waals surface area contributed by atoms with Gasteiger partial charge >= 0.3 is 0 Å². The number of nitrogens with zero attached hydrogens (tertiary/aromatic N) is 2. The number of piperidine rings is 1. The average Bonchev–Trinajstić information content (AvgIpc) is 3.44. The van der Waals surface area contributed by atoms with E-state index in [-0.39, 0.29) is 17.6 Å². The van der Waals surface area contributed by atoms with Crippen LogP contribution in [0.1, 0.15) is 50.5 Å². The molecule has 2 saturated heterocycles. The fourth-order valence-electron chi connectivity index (χ4n) is 6.38. The van der Waals surface area contributed by atoms with Crippen LogP contribution in [0, 0.1) is 11.2 Å². The quantitative estimate of drug-likeness (QED) is 0.481. The third-order valence-corrected chi connectivity index (χ3v) is 8.71. The molecule has 0 bridgehead atoms. The second-order valence-electron chi connectivity index (χ2n) is 11.0. The first-order valence-electron chi connectivity index (χ1n) is 13.7. The molecule has 2 aromatic carbocycles. The number of rotatable bonds is 7. The van der Waals surface area contributed by atoms with Crippen molar-refractivity contribution in [2.75, 3.05) is 46.0 Å². The maximum atomic E-state index is 14.3. The van der Waals surface area contributed by atoms with Gasteiger partial charge in [-0.2, -0.15) is 0 Å². The van der Waals surface area contributed by atoms with E-state index in [4.69, 9.17) is 21.1 Å². The molecule has 3 aliphatic rings. The second-order valence-corrected chi connectivity index (χ2v) is 11.5. The van der Waals surface area contributed by atoms with Crippen LogP contribution in [0.15, 0.2) is 48.5 Å². The van der Waals surface area contributed by atoms with Crippen molar-refractivity contribution in [2.24, 2.45) is 5.41 Å². The van der Waals surface area contributed by atoms with Crippen LogP contribution in [0.4, 0.5) is 4.39 Å². The van der Waals surface area contributed by atoms with E-state index in [0.29, 0.717) is 63.2 Å². The van der Waals surface area contributed by atoms with Crippen molar-refractivity contribution < 1.29 is 23.5 Å². The highest BCUT2D eigenvalue weighted by Crippen LogP contribution is 2.45. The zero-order valence-corrected chi connectivity index (χ0v) is 22.6. The summed E-state index contributed by atoms with van der Waals surface area (Å²) >= 11 is 6.05. The molecule has 0 aromatic heterocycles. The van der Waals surface area contributed by atoms with E-state index in [1.165, 1.54) is 12.1 Å². The summed E-state index contributed by atoms with van der Waals surface area (Å²) in [6, 6.07) is 13.6. The van der Waals surface area contributed by atoms with Crippen LogP contribution in [0.3, 0.4) is 0 Å². The van der Waals surface area contributed by atoms with Gasteiger partial charge in [-0.3, -0.25) is 9.59 Å². The van der Waals surface area contributed by atoms with Gasteiger partial charge < -0.3 is 19.3 Å². The van der Waals surface area contributed by atoms with Gasteiger partial charge in [0, 0.05) is 43.0 Å². The van der Waals surface area contributed by atoms with Gasteiger partial charge in [0.15, 0.2) is 0 Å². The molecular weight excluding hydrogens is 507 g/mol. The molecule has 6 nitrogen and oxygen atoms in total. The molecule has 204 valence electrons. The number of amides is 2. The first kappa shape index (κ1) is 26.9. The van der Waals surface area contributed by atoms with E-state index in [9.17, 15) is 14.0 Å². The molecule has 8 heteroatoms. The maximum Gasteiger partial charge on any atom is 0.233 e. The Balaban J connectivity index is 1.39. The first-order chi connectivity index (χ1) is 18.4. The smallest absolute Gasteiger partial charge is 0.233 e. The van der Waals surface area contributed by atoms with Crippen molar-refractivity contribution in [3.8, 4) is 5.75 Å². The summed E-state index contributed by atoms with van der Waals surface area (Å²) in [4.78, 5) is 31.5. The van der Waals surface area contributed by atoms with E-state index < -0.39 is 10.8 Å². The highest BCUT2D eigenvalue weighted by Gasteiger charge is 2.48. The summed E-state index contributed by atoms with van der Waals surface area (Å²) in [5, 5.41) is 0.631. The van der Waals surface area contributed by atoms with Gasteiger partial charge in [0.05, 0.1) is 25.2 Å². The van der Waals surface area contributed by atoms with Gasteiger partial charge in [-0.05, 0) is 67.6 Å². The molecule has 2 aliphatic heterocycles. The highest BCUT2D eigenvalue weighted by molar-refractivity contribution is 6.30. The molecule has 1 aliphatic carbocycles. The minimum atomic E-state index is -0.637. The van der Waals surface area contributed by atoms with Crippen LogP contribution in [0.25, 0.3) is 0 Å². The van der Waals surface area contributed by atoms with Gasteiger partial charge in [-0.25, -0.2) is 4.39 Å². The third-order valence-electron chi connectivity index (χ3n) is 8.46. The summed E-state index contributed by atoms with van der Waals surface area (Å²) in [7, 11) is 0. The Labute approximate surface area is 229 Å². The van der Waals surface area contributed by atoms with Gasteiger partial charge in [-0.15, -0.1) is 0 Å². The Morgan fingerprint density at radius 3 is 2.26 bits per heavy atom. The SMILES string of the molecule is O=C(CC1(COc2ccc(Cl)cc2)CCCN(C(=O)C2(c3ccc(F)cc3)CCCC2)C1)N1CCOCC1. The molecule has 0 spiro atoms. The van der Waals surface area contributed by atoms with Crippen molar-refractivity contribution in [1.82, 2.24) is 9.80 Å². The molecule has 5 rings (SSSR count).